The maximum Gasteiger partial charge on any atom is 0.0459 e. The van der Waals surface area contributed by atoms with E-state index in [2.05, 4.69) is 20.8 Å². The summed E-state index contributed by atoms with van der Waals surface area (Å²) in [6.07, 6.45) is 11.0. The highest BCUT2D eigenvalue weighted by atomic mass is 16.3. The van der Waals surface area contributed by atoms with Crippen molar-refractivity contribution < 1.29 is 5.11 Å². The first kappa shape index (κ1) is 15.0. The first-order valence-corrected chi connectivity index (χ1v) is 6.83. The minimum absolute atomic E-state index is 0.345. The molecule has 2 unspecified atom stereocenters. The van der Waals surface area contributed by atoms with Crippen LogP contribution in [0.1, 0.15) is 72.1 Å². The van der Waals surface area contributed by atoms with Gasteiger partial charge in [-0.05, 0) is 11.8 Å². The first-order chi connectivity index (χ1) is 7.22. The summed E-state index contributed by atoms with van der Waals surface area (Å²) in [5.41, 5.74) is 0. The Morgan fingerprint density at radius 3 is 1.87 bits per heavy atom. The molecule has 0 spiro atoms. The maximum absolute atomic E-state index is 9.00. The minimum atomic E-state index is 0.345. The summed E-state index contributed by atoms with van der Waals surface area (Å²) in [5, 5.41) is 9.00. The van der Waals surface area contributed by atoms with Gasteiger partial charge in [0.2, 0.25) is 0 Å². The predicted octanol–water partition coefficient (Wildman–Crippen LogP) is 4.39. The zero-order valence-electron chi connectivity index (χ0n) is 11.0. The summed E-state index contributed by atoms with van der Waals surface area (Å²) in [6.45, 7) is 7.01. The van der Waals surface area contributed by atoms with Crippen LogP contribution in [0.25, 0.3) is 0 Å². The average Bonchev–Trinajstić information content (AvgIpc) is 2.26. The topological polar surface area (TPSA) is 20.2 Å². The van der Waals surface area contributed by atoms with Crippen molar-refractivity contribution in [1.29, 1.82) is 0 Å². The van der Waals surface area contributed by atoms with E-state index in [0.717, 1.165) is 0 Å². The fourth-order valence-electron chi connectivity index (χ4n) is 1.89. The summed E-state index contributed by atoms with van der Waals surface area (Å²) in [4.78, 5) is 0. The third-order valence-corrected chi connectivity index (χ3v) is 3.52. The molecule has 0 radical (unpaired) electrons. The van der Waals surface area contributed by atoms with E-state index in [1.165, 1.54) is 51.4 Å². The molecule has 1 nitrogen and oxygen atoms in total. The minimum Gasteiger partial charge on any atom is -0.396 e. The average molecular weight is 214 g/mol. The summed E-state index contributed by atoms with van der Waals surface area (Å²) < 4.78 is 0. The van der Waals surface area contributed by atoms with Crippen molar-refractivity contribution in [3.05, 3.63) is 0 Å². The standard InChI is InChI=1S/C14H30O/c1-4-5-6-7-8-9-10-11-13(2)14(3)12-15/h13-15H,4-12H2,1-3H3. The second-order valence-corrected chi connectivity index (χ2v) is 5.05. The zero-order chi connectivity index (χ0) is 11.5. The Morgan fingerprint density at radius 1 is 0.800 bits per heavy atom. The first-order valence-electron chi connectivity index (χ1n) is 6.83. The lowest BCUT2D eigenvalue weighted by atomic mass is 9.91. The quantitative estimate of drug-likeness (QED) is 0.535. The van der Waals surface area contributed by atoms with E-state index in [-0.39, 0.29) is 0 Å². The number of rotatable bonds is 10. The van der Waals surface area contributed by atoms with Crippen molar-refractivity contribution in [2.24, 2.45) is 11.8 Å². The molecule has 0 aliphatic heterocycles. The van der Waals surface area contributed by atoms with Gasteiger partial charge in [-0.2, -0.15) is 0 Å². The molecule has 0 heterocycles. The Morgan fingerprint density at radius 2 is 1.33 bits per heavy atom. The van der Waals surface area contributed by atoms with Crippen molar-refractivity contribution in [2.45, 2.75) is 72.1 Å². The van der Waals surface area contributed by atoms with Gasteiger partial charge in [-0.3, -0.25) is 0 Å². The molecule has 0 aromatic carbocycles. The molecule has 1 N–H and O–H groups in total. The number of unbranched alkanes of at least 4 members (excludes halogenated alkanes) is 6. The highest BCUT2D eigenvalue weighted by molar-refractivity contribution is 4.60. The number of aliphatic hydroxyl groups is 1. The molecule has 0 aromatic heterocycles. The predicted molar refractivity (Wildman–Crippen MR) is 68.0 cm³/mol. The van der Waals surface area contributed by atoms with E-state index < -0.39 is 0 Å². The smallest absolute Gasteiger partial charge is 0.0459 e. The number of hydrogen-bond donors (Lipinski definition) is 1. The van der Waals surface area contributed by atoms with Crippen LogP contribution in [0.15, 0.2) is 0 Å². The molecule has 1 heteroatoms. The molecule has 0 aliphatic carbocycles. The van der Waals surface area contributed by atoms with Crippen molar-refractivity contribution in [3.63, 3.8) is 0 Å². The van der Waals surface area contributed by atoms with Crippen LogP contribution in [-0.2, 0) is 0 Å². The van der Waals surface area contributed by atoms with Gasteiger partial charge in [0, 0.05) is 6.61 Å². The molecule has 0 rings (SSSR count). The molecule has 0 saturated carbocycles. The summed E-state index contributed by atoms with van der Waals surface area (Å²) in [7, 11) is 0. The fourth-order valence-corrected chi connectivity index (χ4v) is 1.89. The monoisotopic (exact) mass is 214 g/mol. The van der Waals surface area contributed by atoms with E-state index in [1.54, 1.807) is 0 Å². The van der Waals surface area contributed by atoms with Gasteiger partial charge in [-0.15, -0.1) is 0 Å². The van der Waals surface area contributed by atoms with Crippen LogP contribution in [0.2, 0.25) is 0 Å². The molecule has 0 bridgehead atoms. The molecule has 15 heavy (non-hydrogen) atoms. The fraction of sp³-hybridized carbons (Fsp3) is 1.00. The second kappa shape index (κ2) is 10.5. The van der Waals surface area contributed by atoms with Crippen LogP contribution >= 0.6 is 0 Å². The molecule has 0 saturated heterocycles. The Kier molecular flexibility index (Phi) is 10.4. The summed E-state index contributed by atoms with van der Waals surface area (Å²) in [6, 6.07) is 0. The molecule has 0 fully saturated rings. The lowest BCUT2D eigenvalue weighted by Crippen LogP contribution is -2.11. The van der Waals surface area contributed by atoms with E-state index in [4.69, 9.17) is 5.11 Å². The molecular formula is C14H30O. The summed E-state index contributed by atoms with van der Waals surface area (Å²) >= 11 is 0. The Labute approximate surface area is 96.3 Å². The SMILES string of the molecule is CCCCCCCCCC(C)C(C)CO. The normalized spacial score (nSPS) is 15.2. The van der Waals surface area contributed by atoms with E-state index in [1.807, 2.05) is 0 Å². The molecule has 0 aliphatic rings. The Hall–Kier alpha value is -0.0400. The van der Waals surface area contributed by atoms with Crippen LogP contribution in [0.5, 0.6) is 0 Å². The molecule has 92 valence electrons. The van der Waals surface area contributed by atoms with Crippen LogP contribution < -0.4 is 0 Å². The second-order valence-electron chi connectivity index (χ2n) is 5.05. The maximum atomic E-state index is 9.00. The highest BCUT2D eigenvalue weighted by Crippen LogP contribution is 2.18. The van der Waals surface area contributed by atoms with Gasteiger partial charge in [-0.1, -0.05) is 72.1 Å². The van der Waals surface area contributed by atoms with Crippen molar-refractivity contribution in [1.82, 2.24) is 0 Å². The largest absolute Gasteiger partial charge is 0.396 e. The molecule has 2 atom stereocenters. The highest BCUT2D eigenvalue weighted by Gasteiger charge is 2.09. The molecule has 0 aromatic rings. The van der Waals surface area contributed by atoms with Crippen molar-refractivity contribution >= 4 is 0 Å². The van der Waals surface area contributed by atoms with Crippen LogP contribution in [0.3, 0.4) is 0 Å². The zero-order valence-corrected chi connectivity index (χ0v) is 11.0. The van der Waals surface area contributed by atoms with Crippen molar-refractivity contribution in [3.8, 4) is 0 Å². The number of hydrogen-bond acceptors (Lipinski definition) is 1. The van der Waals surface area contributed by atoms with Gasteiger partial charge in [0.15, 0.2) is 0 Å². The van der Waals surface area contributed by atoms with E-state index >= 15 is 0 Å². The Bertz CT molecular complexity index is 123. The molecular weight excluding hydrogens is 184 g/mol. The van der Waals surface area contributed by atoms with Gasteiger partial charge in [-0.25, -0.2) is 0 Å². The van der Waals surface area contributed by atoms with Gasteiger partial charge in [0.1, 0.15) is 0 Å². The third-order valence-electron chi connectivity index (χ3n) is 3.52. The summed E-state index contributed by atoms with van der Waals surface area (Å²) in [5.74, 6) is 1.16. The van der Waals surface area contributed by atoms with Crippen LogP contribution in [0.4, 0.5) is 0 Å². The van der Waals surface area contributed by atoms with E-state index in [0.29, 0.717) is 18.4 Å². The lowest BCUT2D eigenvalue weighted by Gasteiger charge is -2.17. The van der Waals surface area contributed by atoms with Gasteiger partial charge >= 0.3 is 0 Å². The van der Waals surface area contributed by atoms with Crippen molar-refractivity contribution in [2.75, 3.05) is 6.61 Å². The molecule has 0 amide bonds. The van der Waals surface area contributed by atoms with Gasteiger partial charge in [0.25, 0.3) is 0 Å². The van der Waals surface area contributed by atoms with E-state index in [9.17, 15) is 0 Å². The van der Waals surface area contributed by atoms with Crippen LogP contribution in [-0.4, -0.2) is 11.7 Å². The Balaban J connectivity index is 3.16. The number of aliphatic hydroxyl groups excluding tert-OH is 1. The lowest BCUT2D eigenvalue weighted by molar-refractivity contribution is 0.188. The van der Waals surface area contributed by atoms with Gasteiger partial charge in [0.05, 0.1) is 0 Å². The van der Waals surface area contributed by atoms with Crippen LogP contribution in [0, 0.1) is 11.8 Å². The van der Waals surface area contributed by atoms with Gasteiger partial charge < -0.3 is 5.11 Å². The third kappa shape index (κ3) is 8.92.